The first-order valence-corrected chi connectivity index (χ1v) is 7.30. The van der Waals surface area contributed by atoms with E-state index in [2.05, 4.69) is 12.2 Å². The first-order chi connectivity index (χ1) is 10.2. The first kappa shape index (κ1) is 17.6. The van der Waals surface area contributed by atoms with Gasteiger partial charge in [0.05, 0.1) is 19.8 Å². The second-order valence-corrected chi connectivity index (χ2v) is 4.85. The molecule has 1 rings (SSSR count). The van der Waals surface area contributed by atoms with Gasteiger partial charge in [0.25, 0.3) is 0 Å². The number of aliphatic carboxylic acids is 1. The van der Waals surface area contributed by atoms with Crippen molar-refractivity contribution in [1.82, 2.24) is 5.32 Å². The molecule has 0 aromatic heterocycles. The van der Waals surface area contributed by atoms with E-state index in [1.165, 1.54) is 0 Å². The summed E-state index contributed by atoms with van der Waals surface area (Å²) in [6, 6.07) is 9.06. The second-order valence-electron chi connectivity index (χ2n) is 4.85. The molecule has 0 fully saturated rings. The molecule has 0 radical (unpaired) electrons. The molecule has 5 heteroatoms. The average molecular weight is 295 g/mol. The largest absolute Gasteiger partial charge is 0.480 e. The van der Waals surface area contributed by atoms with E-state index in [4.69, 9.17) is 9.47 Å². The molecule has 0 amide bonds. The quantitative estimate of drug-likeness (QED) is 0.611. The molecule has 118 valence electrons. The monoisotopic (exact) mass is 295 g/mol. The number of benzene rings is 1. The molecule has 0 saturated heterocycles. The van der Waals surface area contributed by atoms with Crippen molar-refractivity contribution in [2.75, 3.05) is 33.5 Å². The first-order valence-electron chi connectivity index (χ1n) is 7.30. The van der Waals surface area contributed by atoms with Gasteiger partial charge in [0, 0.05) is 6.61 Å². The van der Waals surface area contributed by atoms with Crippen molar-refractivity contribution in [2.24, 2.45) is 0 Å². The number of rotatable bonds is 11. The Balaban J connectivity index is 2.54. The third kappa shape index (κ3) is 5.12. The molecule has 1 atom stereocenters. The molecule has 5 nitrogen and oxygen atoms in total. The lowest BCUT2D eigenvalue weighted by atomic mass is 9.91. The van der Waals surface area contributed by atoms with Gasteiger partial charge in [-0.25, -0.2) is 4.79 Å². The van der Waals surface area contributed by atoms with Crippen LogP contribution in [0.15, 0.2) is 30.3 Å². The van der Waals surface area contributed by atoms with Crippen molar-refractivity contribution >= 4 is 5.97 Å². The minimum atomic E-state index is -1.23. The van der Waals surface area contributed by atoms with Gasteiger partial charge in [-0.3, -0.25) is 5.32 Å². The number of hydrogen-bond donors (Lipinski definition) is 2. The molecule has 1 aromatic carbocycles. The van der Waals surface area contributed by atoms with Crippen LogP contribution in [-0.4, -0.2) is 44.6 Å². The van der Waals surface area contributed by atoms with E-state index in [1.54, 1.807) is 19.2 Å². The van der Waals surface area contributed by atoms with Crippen LogP contribution in [-0.2, 0) is 19.8 Å². The zero-order valence-corrected chi connectivity index (χ0v) is 12.8. The SMILES string of the molecule is CCCCOCCOCC(NC)(C(=O)O)c1ccccc1. The Labute approximate surface area is 126 Å². The molecule has 0 bridgehead atoms. The van der Waals surface area contributed by atoms with E-state index in [1.807, 2.05) is 18.2 Å². The predicted molar refractivity (Wildman–Crippen MR) is 81.4 cm³/mol. The summed E-state index contributed by atoms with van der Waals surface area (Å²) >= 11 is 0. The summed E-state index contributed by atoms with van der Waals surface area (Å²) in [7, 11) is 1.63. The van der Waals surface area contributed by atoms with Crippen LogP contribution in [0.1, 0.15) is 25.3 Å². The van der Waals surface area contributed by atoms with Gasteiger partial charge in [-0.15, -0.1) is 0 Å². The van der Waals surface area contributed by atoms with Gasteiger partial charge in [-0.05, 0) is 19.0 Å². The fourth-order valence-corrected chi connectivity index (χ4v) is 2.01. The standard InChI is InChI=1S/C16H25NO4/c1-3-4-10-20-11-12-21-13-16(17-2,15(18)19)14-8-6-5-7-9-14/h5-9,17H,3-4,10-13H2,1-2H3,(H,18,19). The number of ether oxygens (including phenoxy) is 2. The zero-order valence-electron chi connectivity index (χ0n) is 12.8. The van der Waals surface area contributed by atoms with Crippen LogP contribution >= 0.6 is 0 Å². The van der Waals surface area contributed by atoms with Gasteiger partial charge in [0.2, 0.25) is 0 Å². The molecule has 0 aliphatic heterocycles. The average Bonchev–Trinajstić information content (AvgIpc) is 2.51. The van der Waals surface area contributed by atoms with E-state index in [0.29, 0.717) is 25.4 Å². The number of likely N-dealkylation sites (N-methyl/N-ethyl adjacent to an activating group) is 1. The van der Waals surface area contributed by atoms with Gasteiger partial charge in [0.1, 0.15) is 0 Å². The Hall–Kier alpha value is -1.43. The van der Waals surface area contributed by atoms with E-state index >= 15 is 0 Å². The Bertz CT molecular complexity index is 410. The lowest BCUT2D eigenvalue weighted by molar-refractivity contribution is -0.148. The summed E-state index contributed by atoms with van der Waals surface area (Å²) in [5.41, 5.74) is -0.558. The number of unbranched alkanes of at least 4 members (excludes halogenated alkanes) is 1. The van der Waals surface area contributed by atoms with Gasteiger partial charge in [0.15, 0.2) is 5.54 Å². The lowest BCUT2D eigenvalue weighted by Gasteiger charge is -2.29. The molecule has 0 aliphatic rings. The molecule has 0 heterocycles. The van der Waals surface area contributed by atoms with Crippen LogP contribution in [0.4, 0.5) is 0 Å². The maximum atomic E-state index is 11.7. The Morgan fingerprint density at radius 3 is 2.43 bits per heavy atom. The highest BCUT2D eigenvalue weighted by Crippen LogP contribution is 2.21. The normalized spacial score (nSPS) is 13.8. The van der Waals surface area contributed by atoms with Gasteiger partial charge in [-0.1, -0.05) is 43.7 Å². The van der Waals surface area contributed by atoms with Gasteiger partial charge >= 0.3 is 5.97 Å². The minimum Gasteiger partial charge on any atom is -0.480 e. The Kier molecular flexibility index (Phi) is 7.97. The fraction of sp³-hybridized carbons (Fsp3) is 0.562. The van der Waals surface area contributed by atoms with Crippen molar-refractivity contribution in [2.45, 2.75) is 25.3 Å². The second kappa shape index (κ2) is 9.50. The van der Waals surface area contributed by atoms with Crippen LogP contribution in [0.3, 0.4) is 0 Å². The van der Waals surface area contributed by atoms with E-state index < -0.39 is 11.5 Å². The molecule has 0 spiro atoms. The van der Waals surface area contributed by atoms with Crippen molar-refractivity contribution < 1.29 is 19.4 Å². The van der Waals surface area contributed by atoms with E-state index in [-0.39, 0.29) is 6.61 Å². The molecular formula is C16H25NO4. The van der Waals surface area contributed by atoms with Crippen LogP contribution in [0.5, 0.6) is 0 Å². The zero-order chi connectivity index (χ0) is 15.6. The molecule has 1 unspecified atom stereocenters. The van der Waals surface area contributed by atoms with E-state index in [0.717, 1.165) is 12.8 Å². The van der Waals surface area contributed by atoms with E-state index in [9.17, 15) is 9.90 Å². The summed E-state index contributed by atoms with van der Waals surface area (Å²) in [6.45, 7) is 3.74. The molecule has 0 aliphatic carbocycles. The van der Waals surface area contributed by atoms with Gasteiger partial charge in [-0.2, -0.15) is 0 Å². The number of nitrogens with one attached hydrogen (secondary N) is 1. The number of carboxylic acids is 1. The van der Waals surface area contributed by atoms with Crippen molar-refractivity contribution in [3.8, 4) is 0 Å². The molecule has 0 saturated carbocycles. The van der Waals surface area contributed by atoms with Crippen molar-refractivity contribution in [1.29, 1.82) is 0 Å². The maximum absolute atomic E-state index is 11.7. The van der Waals surface area contributed by atoms with Crippen LogP contribution in [0.2, 0.25) is 0 Å². The summed E-state index contributed by atoms with van der Waals surface area (Å²) in [6.07, 6.45) is 2.12. The minimum absolute atomic E-state index is 0.0555. The third-order valence-electron chi connectivity index (χ3n) is 3.39. The fourth-order valence-electron chi connectivity index (χ4n) is 2.01. The molecule has 2 N–H and O–H groups in total. The summed E-state index contributed by atoms with van der Waals surface area (Å²) in [5, 5.41) is 12.5. The number of carboxylic acid groups (broad SMARTS) is 1. The molecule has 21 heavy (non-hydrogen) atoms. The highest BCUT2D eigenvalue weighted by Gasteiger charge is 2.39. The third-order valence-corrected chi connectivity index (χ3v) is 3.39. The Morgan fingerprint density at radius 1 is 1.19 bits per heavy atom. The summed E-state index contributed by atoms with van der Waals surface area (Å²) < 4.78 is 10.9. The summed E-state index contributed by atoms with van der Waals surface area (Å²) in [4.78, 5) is 11.7. The highest BCUT2D eigenvalue weighted by atomic mass is 16.5. The number of hydrogen-bond acceptors (Lipinski definition) is 4. The topological polar surface area (TPSA) is 67.8 Å². The van der Waals surface area contributed by atoms with Crippen molar-refractivity contribution in [3.05, 3.63) is 35.9 Å². The van der Waals surface area contributed by atoms with Crippen LogP contribution in [0, 0.1) is 0 Å². The molecule has 1 aromatic rings. The number of carbonyl (C=O) groups is 1. The summed E-state index contributed by atoms with van der Waals surface area (Å²) in [5.74, 6) is -0.955. The highest BCUT2D eigenvalue weighted by molar-refractivity contribution is 5.81. The van der Waals surface area contributed by atoms with Gasteiger partial charge < -0.3 is 14.6 Å². The maximum Gasteiger partial charge on any atom is 0.330 e. The lowest BCUT2D eigenvalue weighted by Crippen LogP contribution is -2.51. The predicted octanol–water partition coefficient (Wildman–Crippen LogP) is 2.02. The van der Waals surface area contributed by atoms with Crippen LogP contribution < -0.4 is 5.32 Å². The van der Waals surface area contributed by atoms with Crippen LogP contribution in [0.25, 0.3) is 0 Å². The molecular weight excluding hydrogens is 270 g/mol. The van der Waals surface area contributed by atoms with Crippen molar-refractivity contribution in [3.63, 3.8) is 0 Å². The Morgan fingerprint density at radius 2 is 1.86 bits per heavy atom. The smallest absolute Gasteiger partial charge is 0.330 e.